The van der Waals surface area contributed by atoms with Crippen LogP contribution >= 0.6 is 0 Å². The summed E-state index contributed by atoms with van der Waals surface area (Å²) in [6.45, 7) is 5.94. The van der Waals surface area contributed by atoms with Crippen LogP contribution in [0.4, 0.5) is 11.4 Å². The average Bonchev–Trinajstić information content (AvgIpc) is 2.56. The fourth-order valence-corrected chi connectivity index (χ4v) is 2.98. The van der Waals surface area contributed by atoms with Crippen LogP contribution in [0.15, 0.2) is 42.5 Å². The van der Waals surface area contributed by atoms with Crippen LogP contribution in [0.5, 0.6) is 0 Å². The lowest BCUT2D eigenvalue weighted by atomic mass is 9.99. The molecule has 0 unspecified atom stereocenters. The van der Waals surface area contributed by atoms with Gasteiger partial charge in [-0.1, -0.05) is 37.3 Å². The van der Waals surface area contributed by atoms with E-state index in [0.29, 0.717) is 6.42 Å². The number of anilines is 2. The van der Waals surface area contributed by atoms with Crippen molar-refractivity contribution in [3.63, 3.8) is 0 Å². The van der Waals surface area contributed by atoms with E-state index in [2.05, 4.69) is 53.5 Å². The van der Waals surface area contributed by atoms with Gasteiger partial charge >= 0.3 is 0 Å². The van der Waals surface area contributed by atoms with Crippen molar-refractivity contribution in [3.8, 4) is 0 Å². The van der Waals surface area contributed by atoms with Gasteiger partial charge in [-0.05, 0) is 42.2 Å². The normalized spacial score (nSPS) is 13.6. The third-order valence-electron chi connectivity index (χ3n) is 4.29. The van der Waals surface area contributed by atoms with Gasteiger partial charge in [0.2, 0.25) is 5.91 Å². The predicted molar refractivity (Wildman–Crippen MR) is 91.3 cm³/mol. The molecule has 0 saturated heterocycles. The molecule has 0 spiro atoms. The minimum atomic E-state index is 0.0544. The third kappa shape index (κ3) is 2.98. The Morgan fingerprint density at radius 2 is 1.95 bits per heavy atom. The van der Waals surface area contributed by atoms with Gasteiger partial charge in [0.05, 0.1) is 0 Å². The second-order valence-electron chi connectivity index (χ2n) is 5.84. The summed E-state index contributed by atoms with van der Waals surface area (Å²) < 4.78 is 0. The molecule has 1 aliphatic heterocycles. The number of rotatable bonds is 3. The van der Waals surface area contributed by atoms with Gasteiger partial charge in [-0.15, -0.1) is 0 Å². The van der Waals surface area contributed by atoms with E-state index in [1.165, 1.54) is 22.4 Å². The number of fused-ring (bicyclic) bond motifs is 1. The van der Waals surface area contributed by atoms with Crippen molar-refractivity contribution in [2.24, 2.45) is 0 Å². The maximum Gasteiger partial charge on any atom is 0.224 e. The summed E-state index contributed by atoms with van der Waals surface area (Å²) in [4.78, 5) is 14.0. The van der Waals surface area contributed by atoms with E-state index in [1.54, 1.807) is 0 Å². The first-order valence-electron chi connectivity index (χ1n) is 7.89. The van der Waals surface area contributed by atoms with Gasteiger partial charge in [0, 0.05) is 30.9 Å². The molecule has 2 aromatic carbocycles. The molecule has 2 aromatic rings. The molecule has 1 N–H and O–H groups in total. The molecule has 0 atom stereocenters. The molecule has 114 valence electrons. The number of hydrogen-bond acceptors (Lipinski definition) is 2. The average molecular weight is 294 g/mol. The topological polar surface area (TPSA) is 32.3 Å². The fraction of sp³-hybridized carbons (Fsp3) is 0.316. The zero-order valence-corrected chi connectivity index (χ0v) is 13.2. The van der Waals surface area contributed by atoms with Crippen LogP contribution in [-0.2, 0) is 17.8 Å². The van der Waals surface area contributed by atoms with E-state index in [9.17, 15) is 4.79 Å². The first-order chi connectivity index (χ1) is 10.7. The summed E-state index contributed by atoms with van der Waals surface area (Å²) in [7, 11) is 0. The Bertz CT molecular complexity index is 694. The largest absolute Gasteiger partial charge is 0.367 e. The maximum atomic E-state index is 11.6. The molecule has 3 heteroatoms. The Kier molecular flexibility index (Phi) is 4.14. The van der Waals surface area contributed by atoms with Gasteiger partial charge in [-0.3, -0.25) is 4.79 Å². The number of nitrogens with one attached hydrogen (secondary N) is 1. The quantitative estimate of drug-likeness (QED) is 0.931. The molecule has 0 fully saturated rings. The molecule has 0 aromatic heterocycles. The lowest BCUT2D eigenvalue weighted by Gasteiger charge is -2.32. The molecule has 3 nitrogen and oxygen atoms in total. The molecule has 0 aliphatic carbocycles. The molecular weight excluding hydrogens is 272 g/mol. The molecule has 1 heterocycles. The van der Waals surface area contributed by atoms with E-state index in [0.717, 1.165) is 25.2 Å². The zero-order valence-electron chi connectivity index (χ0n) is 13.2. The number of nitrogens with zero attached hydrogens (tertiary/aromatic N) is 1. The molecular formula is C19H22N2O. The highest BCUT2D eigenvalue weighted by molar-refractivity contribution is 5.91. The number of hydrogen-bond donors (Lipinski definition) is 1. The Labute approximate surface area is 132 Å². The van der Waals surface area contributed by atoms with Crippen molar-refractivity contribution < 1.29 is 4.79 Å². The second kappa shape index (κ2) is 6.22. The van der Waals surface area contributed by atoms with E-state index in [-0.39, 0.29) is 5.91 Å². The van der Waals surface area contributed by atoms with Crippen LogP contribution in [0.25, 0.3) is 0 Å². The van der Waals surface area contributed by atoms with E-state index in [4.69, 9.17) is 0 Å². The summed E-state index contributed by atoms with van der Waals surface area (Å²) in [5.41, 5.74) is 6.19. The van der Waals surface area contributed by atoms with Crippen molar-refractivity contribution in [2.75, 3.05) is 16.8 Å². The Balaban J connectivity index is 1.86. The van der Waals surface area contributed by atoms with Gasteiger partial charge in [0.1, 0.15) is 0 Å². The van der Waals surface area contributed by atoms with Gasteiger partial charge < -0.3 is 10.2 Å². The Morgan fingerprint density at radius 3 is 2.73 bits per heavy atom. The molecule has 0 bridgehead atoms. The SMILES string of the molecule is CCC(=O)Nc1ccc(C)c(N2CCc3ccccc3C2)c1. The number of amides is 1. The molecule has 1 amide bonds. The van der Waals surface area contributed by atoms with E-state index < -0.39 is 0 Å². The zero-order chi connectivity index (χ0) is 15.5. The van der Waals surface area contributed by atoms with Crippen LogP contribution in [0, 0.1) is 6.92 Å². The highest BCUT2D eigenvalue weighted by Gasteiger charge is 2.17. The van der Waals surface area contributed by atoms with E-state index >= 15 is 0 Å². The number of carbonyl (C=O) groups is 1. The van der Waals surface area contributed by atoms with Crippen LogP contribution in [0.2, 0.25) is 0 Å². The Hall–Kier alpha value is -2.29. The number of benzene rings is 2. The fourth-order valence-electron chi connectivity index (χ4n) is 2.98. The van der Waals surface area contributed by atoms with Gasteiger partial charge in [-0.25, -0.2) is 0 Å². The second-order valence-corrected chi connectivity index (χ2v) is 5.84. The van der Waals surface area contributed by atoms with E-state index in [1.807, 2.05) is 13.0 Å². The highest BCUT2D eigenvalue weighted by atomic mass is 16.1. The van der Waals surface area contributed by atoms with Crippen LogP contribution in [0.3, 0.4) is 0 Å². The third-order valence-corrected chi connectivity index (χ3v) is 4.29. The maximum absolute atomic E-state index is 11.6. The molecule has 22 heavy (non-hydrogen) atoms. The van der Waals surface area contributed by atoms with Crippen molar-refractivity contribution in [3.05, 3.63) is 59.2 Å². The lowest BCUT2D eigenvalue weighted by Crippen LogP contribution is -2.30. The van der Waals surface area contributed by atoms with Crippen molar-refractivity contribution >= 4 is 17.3 Å². The summed E-state index contributed by atoms with van der Waals surface area (Å²) in [6.07, 6.45) is 1.57. The summed E-state index contributed by atoms with van der Waals surface area (Å²) >= 11 is 0. The first-order valence-corrected chi connectivity index (χ1v) is 7.89. The predicted octanol–water partition coefficient (Wildman–Crippen LogP) is 3.91. The number of aryl methyl sites for hydroxylation is 1. The Morgan fingerprint density at radius 1 is 1.18 bits per heavy atom. The van der Waals surface area contributed by atoms with Crippen LogP contribution in [0.1, 0.15) is 30.0 Å². The number of carbonyl (C=O) groups excluding carboxylic acids is 1. The first kappa shape index (κ1) is 14.6. The summed E-state index contributed by atoms with van der Waals surface area (Å²) in [6, 6.07) is 14.8. The minimum Gasteiger partial charge on any atom is -0.367 e. The van der Waals surface area contributed by atoms with Gasteiger partial charge in [-0.2, -0.15) is 0 Å². The molecule has 0 saturated carbocycles. The molecule has 1 aliphatic rings. The lowest BCUT2D eigenvalue weighted by molar-refractivity contribution is -0.115. The minimum absolute atomic E-state index is 0.0544. The summed E-state index contributed by atoms with van der Waals surface area (Å²) in [5.74, 6) is 0.0544. The van der Waals surface area contributed by atoms with Crippen molar-refractivity contribution in [1.29, 1.82) is 0 Å². The van der Waals surface area contributed by atoms with Crippen molar-refractivity contribution in [2.45, 2.75) is 33.2 Å². The van der Waals surface area contributed by atoms with Gasteiger partial charge in [0.15, 0.2) is 0 Å². The smallest absolute Gasteiger partial charge is 0.224 e. The van der Waals surface area contributed by atoms with Crippen LogP contribution in [-0.4, -0.2) is 12.5 Å². The molecule has 3 rings (SSSR count). The standard InChI is InChI=1S/C19H22N2O/c1-3-19(22)20-17-9-8-14(2)18(12-17)21-11-10-15-6-4-5-7-16(15)13-21/h4-9,12H,3,10-11,13H2,1-2H3,(H,20,22). The monoisotopic (exact) mass is 294 g/mol. The van der Waals surface area contributed by atoms with Crippen molar-refractivity contribution in [1.82, 2.24) is 0 Å². The molecule has 0 radical (unpaired) electrons. The highest BCUT2D eigenvalue weighted by Crippen LogP contribution is 2.29. The van der Waals surface area contributed by atoms with Crippen LogP contribution < -0.4 is 10.2 Å². The summed E-state index contributed by atoms with van der Waals surface area (Å²) in [5, 5.41) is 2.95. The van der Waals surface area contributed by atoms with Gasteiger partial charge in [0.25, 0.3) is 0 Å².